The molecule has 0 aliphatic carbocycles. The summed E-state index contributed by atoms with van der Waals surface area (Å²) in [6, 6.07) is 7.41. The number of benzene rings is 1. The van der Waals surface area contributed by atoms with Gasteiger partial charge in [-0.3, -0.25) is 9.69 Å². The molecule has 0 spiro atoms. The van der Waals surface area contributed by atoms with Crippen molar-refractivity contribution < 1.29 is 4.79 Å². The highest BCUT2D eigenvalue weighted by Crippen LogP contribution is 2.21. The van der Waals surface area contributed by atoms with E-state index in [1.54, 1.807) is 0 Å². The first-order chi connectivity index (χ1) is 8.54. The van der Waals surface area contributed by atoms with Crippen molar-refractivity contribution in [3.63, 3.8) is 0 Å². The van der Waals surface area contributed by atoms with E-state index in [4.69, 9.17) is 17.3 Å². The average molecular weight is 270 g/mol. The minimum absolute atomic E-state index is 0.0293. The first kappa shape index (κ1) is 15.0. The Morgan fingerprint density at radius 3 is 2.78 bits per heavy atom. The zero-order valence-corrected chi connectivity index (χ0v) is 11.6. The Morgan fingerprint density at radius 2 is 2.17 bits per heavy atom. The van der Waals surface area contributed by atoms with Crippen LogP contribution in [0.1, 0.15) is 18.5 Å². The van der Waals surface area contributed by atoms with Crippen molar-refractivity contribution >= 4 is 17.5 Å². The number of nitrogens with two attached hydrogens (primary N) is 1. The van der Waals surface area contributed by atoms with E-state index in [9.17, 15) is 4.79 Å². The van der Waals surface area contributed by atoms with Crippen LogP contribution in [0.3, 0.4) is 0 Å². The van der Waals surface area contributed by atoms with Gasteiger partial charge in [-0.1, -0.05) is 29.8 Å². The van der Waals surface area contributed by atoms with Crippen molar-refractivity contribution in [2.75, 3.05) is 26.7 Å². The Labute approximate surface area is 113 Å². The molecule has 4 nitrogen and oxygen atoms in total. The third-order valence-electron chi connectivity index (χ3n) is 2.67. The zero-order valence-electron chi connectivity index (χ0n) is 10.8. The summed E-state index contributed by atoms with van der Waals surface area (Å²) in [4.78, 5) is 13.7. The normalized spacial score (nSPS) is 12.5. The molecule has 0 heterocycles. The van der Waals surface area contributed by atoms with Gasteiger partial charge in [0.2, 0.25) is 5.91 Å². The van der Waals surface area contributed by atoms with Gasteiger partial charge in [-0.25, -0.2) is 0 Å². The molecule has 0 fully saturated rings. The van der Waals surface area contributed by atoms with E-state index < -0.39 is 0 Å². The summed E-state index contributed by atoms with van der Waals surface area (Å²) >= 11 is 6.08. The van der Waals surface area contributed by atoms with Crippen LogP contribution in [0.25, 0.3) is 0 Å². The maximum atomic E-state index is 11.8. The Hall–Kier alpha value is -1.10. The van der Waals surface area contributed by atoms with E-state index in [1.807, 2.05) is 43.1 Å². The largest absolute Gasteiger partial charge is 0.348 e. The van der Waals surface area contributed by atoms with Crippen LogP contribution >= 0.6 is 11.6 Å². The van der Waals surface area contributed by atoms with Gasteiger partial charge in [0.15, 0.2) is 0 Å². The van der Waals surface area contributed by atoms with Crippen molar-refractivity contribution in [3.05, 3.63) is 34.9 Å². The molecule has 1 unspecified atom stereocenters. The number of carbonyl (C=O) groups is 1. The number of rotatable bonds is 6. The third-order valence-corrected chi connectivity index (χ3v) is 3.02. The first-order valence-corrected chi connectivity index (χ1v) is 6.34. The van der Waals surface area contributed by atoms with Crippen molar-refractivity contribution in [2.24, 2.45) is 5.73 Å². The molecule has 0 aliphatic heterocycles. The smallest absolute Gasteiger partial charge is 0.234 e. The third kappa shape index (κ3) is 4.64. The number of amides is 1. The van der Waals surface area contributed by atoms with Gasteiger partial charge in [0.05, 0.1) is 12.6 Å². The quantitative estimate of drug-likeness (QED) is 0.821. The van der Waals surface area contributed by atoms with Gasteiger partial charge < -0.3 is 11.1 Å². The Balaban J connectivity index is 2.52. The predicted octanol–water partition coefficient (Wildman–Crippen LogP) is 1.41. The fourth-order valence-electron chi connectivity index (χ4n) is 1.74. The van der Waals surface area contributed by atoms with Gasteiger partial charge in [0, 0.05) is 18.1 Å². The van der Waals surface area contributed by atoms with Crippen molar-refractivity contribution in [3.8, 4) is 0 Å². The molecule has 18 heavy (non-hydrogen) atoms. The van der Waals surface area contributed by atoms with Crippen LogP contribution in [-0.2, 0) is 4.79 Å². The lowest BCUT2D eigenvalue weighted by Gasteiger charge is -2.19. The molecule has 0 saturated carbocycles. The molecule has 0 radical (unpaired) electrons. The second-order valence-corrected chi connectivity index (χ2v) is 4.74. The van der Waals surface area contributed by atoms with Gasteiger partial charge in [-0.05, 0) is 25.6 Å². The molecule has 1 atom stereocenters. The van der Waals surface area contributed by atoms with E-state index in [1.165, 1.54) is 0 Å². The SMILES string of the molecule is CC(NC(=O)CN(C)CCN)c1ccccc1Cl. The minimum atomic E-state index is -0.0996. The van der Waals surface area contributed by atoms with Crippen LogP contribution in [-0.4, -0.2) is 37.5 Å². The second-order valence-electron chi connectivity index (χ2n) is 4.34. The van der Waals surface area contributed by atoms with Crippen LogP contribution in [0.15, 0.2) is 24.3 Å². The topological polar surface area (TPSA) is 58.4 Å². The highest BCUT2D eigenvalue weighted by atomic mass is 35.5. The van der Waals surface area contributed by atoms with E-state index in [0.717, 1.165) is 5.56 Å². The number of hydrogen-bond donors (Lipinski definition) is 2. The lowest BCUT2D eigenvalue weighted by molar-refractivity contribution is -0.122. The summed E-state index contributed by atoms with van der Waals surface area (Å²) in [5, 5.41) is 3.59. The monoisotopic (exact) mass is 269 g/mol. The van der Waals surface area contributed by atoms with Gasteiger partial charge in [0.25, 0.3) is 0 Å². The summed E-state index contributed by atoms with van der Waals surface area (Å²) < 4.78 is 0. The van der Waals surface area contributed by atoms with E-state index in [0.29, 0.717) is 24.7 Å². The predicted molar refractivity (Wildman–Crippen MR) is 74.6 cm³/mol. The number of likely N-dealkylation sites (N-methyl/N-ethyl adjacent to an activating group) is 1. The average Bonchev–Trinajstić information content (AvgIpc) is 2.29. The Morgan fingerprint density at radius 1 is 1.50 bits per heavy atom. The fraction of sp³-hybridized carbons (Fsp3) is 0.462. The lowest BCUT2D eigenvalue weighted by Crippen LogP contribution is -2.38. The summed E-state index contributed by atoms with van der Waals surface area (Å²) in [5.41, 5.74) is 6.35. The second kappa shape index (κ2) is 7.36. The summed E-state index contributed by atoms with van der Waals surface area (Å²) in [7, 11) is 1.87. The number of hydrogen-bond acceptors (Lipinski definition) is 3. The van der Waals surface area contributed by atoms with Crippen LogP contribution in [0.2, 0.25) is 5.02 Å². The Bertz CT molecular complexity index is 398. The standard InChI is InChI=1S/C13H20ClN3O/c1-10(11-5-3-4-6-12(11)14)16-13(18)9-17(2)8-7-15/h3-6,10H,7-9,15H2,1-2H3,(H,16,18). The lowest BCUT2D eigenvalue weighted by atomic mass is 10.1. The van der Waals surface area contributed by atoms with Crippen molar-refractivity contribution in [1.29, 1.82) is 0 Å². The van der Waals surface area contributed by atoms with Gasteiger partial charge in [0.1, 0.15) is 0 Å². The minimum Gasteiger partial charge on any atom is -0.348 e. The molecule has 5 heteroatoms. The maximum absolute atomic E-state index is 11.8. The van der Waals surface area contributed by atoms with Crippen LogP contribution in [0.4, 0.5) is 0 Å². The summed E-state index contributed by atoms with van der Waals surface area (Å²) in [6.45, 7) is 3.51. The van der Waals surface area contributed by atoms with Crippen molar-refractivity contribution in [1.82, 2.24) is 10.2 Å². The molecule has 1 amide bonds. The van der Waals surface area contributed by atoms with Gasteiger partial charge in [-0.2, -0.15) is 0 Å². The van der Waals surface area contributed by atoms with Crippen LogP contribution < -0.4 is 11.1 Å². The summed E-state index contributed by atoms with van der Waals surface area (Å²) in [6.07, 6.45) is 0. The van der Waals surface area contributed by atoms with Crippen LogP contribution in [0, 0.1) is 0 Å². The van der Waals surface area contributed by atoms with E-state index in [2.05, 4.69) is 5.32 Å². The molecular formula is C13H20ClN3O. The number of halogens is 1. The van der Waals surface area contributed by atoms with Gasteiger partial charge >= 0.3 is 0 Å². The molecule has 0 aliphatic rings. The molecule has 0 bridgehead atoms. The molecule has 100 valence electrons. The molecule has 0 aromatic heterocycles. The van der Waals surface area contributed by atoms with Crippen LogP contribution in [0.5, 0.6) is 0 Å². The Kier molecular flexibility index (Phi) is 6.12. The molecule has 3 N–H and O–H groups in total. The van der Waals surface area contributed by atoms with Crippen molar-refractivity contribution in [2.45, 2.75) is 13.0 Å². The first-order valence-electron chi connectivity index (χ1n) is 5.97. The fourth-order valence-corrected chi connectivity index (χ4v) is 2.04. The molecule has 1 aromatic rings. The zero-order chi connectivity index (χ0) is 13.5. The van der Waals surface area contributed by atoms with Gasteiger partial charge in [-0.15, -0.1) is 0 Å². The molecule has 1 rings (SSSR count). The summed E-state index contributed by atoms with van der Waals surface area (Å²) in [5.74, 6) is -0.0293. The van der Waals surface area contributed by atoms with E-state index in [-0.39, 0.29) is 11.9 Å². The number of nitrogens with zero attached hydrogens (tertiary/aromatic N) is 1. The highest BCUT2D eigenvalue weighted by molar-refractivity contribution is 6.31. The maximum Gasteiger partial charge on any atom is 0.234 e. The highest BCUT2D eigenvalue weighted by Gasteiger charge is 2.13. The molecule has 0 saturated heterocycles. The molecular weight excluding hydrogens is 250 g/mol. The van der Waals surface area contributed by atoms with E-state index >= 15 is 0 Å². The molecule has 1 aromatic carbocycles. The number of nitrogens with one attached hydrogen (secondary N) is 1. The number of carbonyl (C=O) groups excluding carboxylic acids is 1.